The first-order chi connectivity index (χ1) is 4.30. The van der Waals surface area contributed by atoms with Crippen LogP contribution in [0.25, 0.3) is 0 Å². The molecule has 1 aromatic carbocycles. The highest BCUT2D eigenvalue weighted by Gasteiger charge is 1.99. The Hall–Kier alpha value is -1.31. The molecular weight excluding hydrogens is 107 g/mol. The lowest BCUT2D eigenvalue weighted by atomic mass is 6.80. The fourth-order valence-corrected chi connectivity index (χ4v) is 0.574. The van der Waals surface area contributed by atoms with Crippen LogP contribution in [0.2, 0.25) is 0 Å². The molecule has 45 valence electrons. The van der Waals surface area contributed by atoms with Gasteiger partial charge in [0.25, 0.3) is 0 Å². The van der Waals surface area contributed by atoms with Crippen LogP contribution in [-0.4, -0.2) is 5.97 Å². The van der Waals surface area contributed by atoms with E-state index in [0.717, 1.165) is 0 Å². The Morgan fingerprint density at radius 3 is 2.11 bits per heavy atom. The minimum Gasteiger partial charge on any atom is -0.242 e. The van der Waals surface area contributed by atoms with Gasteiger partial charge in [-0.1, -0.05) is 18.2 Å². The highest BCUT2D eigenvalue weighted by Crippen LogP contribution is 1.96. The highest BCUT2D eigenvalue weighted by atomic mass is 16.1. The number of rotatable bonds is 1. The summed E-state index contributed by atoms with van der Waals surface area (Å²) in [5.41, 5.74) is 0.220. The molecule has 0 N–H and O–H groups in total. The van der Waals surface area contributed by atoms with E-state index < -0.39 is 5.97 Å². The quantitative estimate of drug-likeness (QED) is 0.538. The molecule has 2 nitrogen and oxygen atoms in total. The first-order valence-electron chi connectivity index (χ1n) is 2.57. The minimum absolute atomic E-state index is 0.220. The maximum Gasteiger partial charge on any atom is 0.386 e. The lowest BCUT2D eigenvalue weighted by Gasteiger charge is -1.85. The molecule has 0 heterocycles. The van der Waals surface area contributed by atoms with Gasteiger partial charge in [-0.2, -0.15) is 0 Å². The van der Waals surface area contributed by atoms with Gasteiger partial charge in [-0.15, -0.1) is 0 Å². The van der Waals surface area contributed by atoms with Crippen molar-refractivity contribution >= 4 is 5.97 Å². The third kappa shape index (κ3) is 1.29. The van der Waals surface area contributed by atoms with E-state index in [9.17, 15) is 9.90 Å². The summed E-state index contributed by atoms with van der Waals surface area (Å²) in [6.45, 7) is 0. The molecular formula is C7H5O2. The van der Waals surface area contributed by atoms with E-state index in [1.807, 2.05) is 0 Å². The van der Waals surface area contributed by atoms with Gasteiger partial charge < -0.3 is 0 Å². The van der Waals surface area contributed by atoms with Gasteiger partial charge >= 0.3 is 5.97 Å². The molecule has 9 heavy (non-hydrogen) atoms. The predicted octanol–water partition coefficient (Wildman–Crippen LogP) is 1.26. The normalized spacial score (nSPS) is 8.89. The second-order valence-electron chi connectivity index (χ2n) is 1.65. The number of hydrogen-bond acceptors (Lipinski definition) is 1. The molecule has 0 aliphatic heterocycles. The molecule has 0 bridgehead atoms. The molecule has 0 aromatic heterocycles. The standard InChI is InChI=1S/C7H5O2/c8-7(9)6-4-2-1-3-5-6/h1-5H/i8-9. The number of benzene rings is 1. The fraction of sp³-hybridized carbons (Fsp3) is 0. The van der Waals surface area contributed by atoms with Crippen LogP contribution in [0.5, 0.6) is 0 Å². The van der Waals surface area contributed by atoms with Gasteiger partial charge in [0.15, 0.2) is 0 Å². The molecule has 0 saturated heterocycles. The van der Waals surface area contributed by atoms with E-state index >= 15 is 0 Å². The number of carbonyl (C=O) groups excluding carboxylic acids is 1. The molecule has 1 radical (unpaired) electrons. The van der Waals surface area contributed by atoms with Crippen LogP contribution in [0.3, 0.4) is 0 Å². The molecule has 0 aliphatic rings. The van der Waals surface area contributed by atoms with Gasteiger partial charge in [-0.3, -0.25) is 0 Å². The maximum absolute atomic E-state index is 10.1. The lowest BCUT2D eigenvalue weighted by molar-refractivity contribution is 0.0573. The van der Waals surface area contributed by atoms with Gasteiger partial charge in [0.2, 0.25) is 0 Å². The Morgan fingerprint density at radius 2 is 1.78 bits per heavy atom. The Kier molecular flexibility index (Phi) is 1.49. The Labute approximate surface area is 52.8 Å². The minimum atomic E-state index is -1.13. The van der Waals surface area contributed by atoms with Crippen molar-refractivity contribution in [1.29, 1.82) is 0 Å². The van der Waals surface area contributed by atoms with E-state index in [0.29, 0.717) is 0 Å². The summed E-state index contributed by atoms with van der Waals surface area (Å²) in [5, 5.41) is 10.1. The monoisotopic (exact) mass is 112 g/mol. The van der Waals surface area contributed by atoms with Crippen molar-refractivity contribution < 1.29 is 9.90 Å². The van der Waals surface area contributed by atoms with Gasteiger partial charge in [-0.25, -0.2) is 9.90 Å². The SMILES string of the molecule is O=C([7O])c1ccccc1. The van der Waals surface area contributed by atoms with Crippen LogP contribution >= 0.6 is 0 Å². The maximum atomic E-state index is 10.1. The predicted molar refractivity (Wildman–Crippen MR) is 31.5 cm³/mol. The van der Waals surface area contributed by atoms with Gasteiger partial charge in [0.1, 0.15) is 0 Å². The third-order valence-electron chi connectivity index (χ3n) is 1.01. The summed E-state index contributed by atoms with van der Waals surface area (Å²) in [6, 6.07) is 8.06. The average Bonchev–Trinajstić information content (AvgIpc) is 1.90. The van der Waals surface area contributed by atoms with Crippen molar-refractivity contribution in [2.75, 3.05) is 0 Å². The Morgan fingerprint density at radius 1 is 1.22 bits per heavy atom. The first-order valence-corrected chi connectivity index (χ1v) is 2.57. The van der Waals surface area contributed by atoms with Crippen LogP contribution < -0.4 is 0 Å². The van der Waals surface area contributed by atoms with Crippen LogP contribution in [0, 0.1) is 0 Å². The van der Waals surface area contributed by atoms with Gasteiger partial charge in [0, 0.05) is 0 Å². The molecule has 0 unspecified atom stereocenters. The molecule has 2 heteroatoms. The summed E-state index contributed by atoms with van der Waals surface area (Å²) in [7, 11) is 0. The van der Waals surface area contributed by atoms with Crippen molar-refractivity contribution in [3.63, 3.8) is 0 Å². The highest BCUT2D eigenvalue weighted by molar-refractivity contribution is 5.86. The number of carbonyl (C=O) groups is 1. The van der Waals surface area contributed by atoms with Crippen molar-refractivity contribution in [2.45, 2.75) is 0 Å². The number of hydrogen-bond donors (Lipinski definition) is 0. The van der Waals surface area contributed by atoms with E-state index in [1.165, 1.54) is 12.1 Å². The molecule has 1 aromatic rings. The average molecular weight is 112 g/mol. The van der Waals surface area contributed by atoms with Gasteiger partial charge in [0.05, 0.1) is 5.56 Å². The van der Waals surface area contributed by atoms with E-state index in [-0.39, 0.29) is 5.56 Å². The largest absolute Gasteiger partial charge is 0.386 e. The van der Waals surface area contributed by atoms with Crippen molar-refractivity contribution in [2.24, 2.45) is 0 Å². The molecule has 0 atom stereocenters. The topological polar surface area (TPSA) is 37.0 Å². The van der Waals surface area contributed by atoms with Crippen LogP contribution in [0.1, 0.15) is 10.4 Å². The second-order valence-corrected chi connectivity index (χ2v) is 1.65. The zero-order chi connectivity index (χ0) is 6.69. The van der Waals surface area contributed by atoms with E-state index in [1.54, 1.807) is 18.2 Å². The smallest absolute Gasteiger partial charge is 0.242 e. The van der Waals surface area contributed by atoms with Crippen molar-refractivity contribution in [1.82, 2.24) is 0 Å². The summed E-state index contributed by atoms with van der Waals surface area (Å²) in [5.74, 6) is -1.13. The van der Waals surface area contributed by atoms with E-state index in [2.05, 4.69) is 0 Å². The van der Waals surface area contributed by atoms with Crippen LogP contribution in [0.15, 0.2) is 30.3 Å². The Bertz CT molecular complexity index is 203. The van der Waals surface area contributed by atoms with E-state index in [4.69, 9.17) is 0 Å². The molecule has 0 saturated carbocycles. The first kappa shape index (κ1) is 5.82. The molecule has 0 fully saturated rings. The zero-order valence-corrected chi connectivity index (χ0v) is 4.70. The summed E-state index contributed by atoms with van der Waals surface area (Å²) < 4.78 is 0. The summed E-state index contributed by atoms with van der Waals surface area (Å²) in [6.07, 6.45) is 0. The van der Waals surface area contributed by atoms with Crippen LogP contribution in [-0.2, 0) is 5.11 Å². The zero-order valence-electron chi connectivity index (χ0n) is 4.70. The summed E-state index contributed by atoms with van der Waals surface area (Å²) in [4.78, 5) is 10.1. The van der Waals surface area contributed by atoms with Crippen molar-refractivity contribution in [3.8, 4) is 0 Å². The van der Waals surface area contributed by atoms with Crippen molar-refractivity contribution in [3.05, 3.63) is 35.9 Å². The van der Waals surface area contributed by atoms with Gasteiger partial charge in [-0.05, 0) is 12.1 Å². The second kappa shape index (κ2) is 2.31. The summed E-state index contributed by atoms with van der Waals surface area (Å²) >= 11 is 0. The molecule has 0 spiro atoms. The molecule has 0 amide bonds. The third-order valence-corrected chi connectivity index (χ3v) is 1.01. The Balaban J connectivity index is 2.98. The van der Waals surface area contributed by atoms with Crippen LogP contribution in [0.4, 0.5) is 0 Å². The molecule has 0 aliphatic carbocycles. The lowest BCUT2D eigenvalue weighted by Crippen LogP contribution is -1.91. The fourth-order valence-electron chi connectivity index (χ4n) is 0.574. The molecule has 1 rings (SSSR count).